The van der Waals surface area contributed by atoms with Crippen molar-refractivity contribution in [1.29, 1.82) is 0 Å². The molecule has 200 valence electrons. The minimum absolute atomic E-state index is 0.0167. The van der Waals surface area contributed by atoms with Gasteiger partial charge in [0.05, 0.1) is 17.0 Å². The summed E-state index contributed by atoms with van der Waals surface area (Å²) in [6.45, 7) is 7.38. The summed E-state index contributed by atoms with van der Waals surface area (Å²) in [6.07, 6.45) is 3.02. The molecule has 0 bridgehead atoms. The predicted molar refractivity (Wildman–Crippen MR) is 155 cm³/mol. The number of benzene rings is 1. The fourth-order valence-electron chi connectivity index (χ4n) is 5.00. The number of aromatic nitrogens is 5. The first-order valence-electron chi connectivity index (χ1n) is 13.0. The van der Waals surface area contributed by atoms with Gasteiger partial charge in [0.15, 0.2) is 11.5 Å². The van der Waals surface area contributed by atoms with Gasteiger partial charge < -0.3 is 15.6 Å². The fourth-order valence-corrected chi connectivity index (χ4v) is 5.00. The van der Waals surface area contributed by atoms with Crippen molar-refractivity contribution in [3.8, 4) is 28.5 Å². The topological polar surface area (TPSA) is 126 Å². The van der Waals surface area contributed by atoms with E-state index in [1.54, 1.807) is 12.3 Å². The second kappa shape index (κ2) is 10.6. The normalized spacial score (nSPS) is 13.9. The summed E-state index contributed by atoms with van der Waals surface area (Å²) < 4.78 is 1.97. The standard InChI is InChI=1S/C30H28N8O2/c1-2-27(40)37-17-15-36(16-18-37)19-20-8-10-21(11-9-20)38-29(22-5-4-14-32-28(22)31)35-25-13-12-24(34-30(25)38)23-6-3-7-26(39)33-23/h2-14H,1,15-19H2,(H2,31,32)(H,33,39). The lowest BCUT2D eigenvalue weighted by molar-refractivity contribution is -0.127. The number of anilines is 1. The number of carbonyl (C=O) groups excluding carboxylic acids is 1. The Kier molecular flexibility index (Phi) is 6.67. The van der Waals surface area contributed by atoms with Crippen molar-refractivity contribution in [2.24, 2.45) is 0 Å². The van der Waals surface area contributed by atoms with Gasteiger partial charge in [-0.05, 0) is 54.1 Å². The number of nitrogen functional groups attached to an aromatic ring is 1. The third kappa shape index (κ3) is 4.87. The highest BCUT2D eigenvalue weighted by Gasteiger charge is 2.21. The molecule has 1 aliphatic heterocycles. The minimum Gasteiger partial charge on any atom is -0.383 e. The number of piperazine rings is 1. The predicted octanol–water partition coefficient (Wildman–Crippen LogP) is 3.25. The third-order valence-corrected chi connectivity index (χ3v) is 7.09. The van der Waals surface area contributed by atoms with E-state index < -0.39 is 0 Å². The van der Waals surface area contributed by atoms with Crippen molar-refractivity contribution in [3.05, 3.63) is 101 Å². The highest BCUT2D eigenvalue weighted by molar-refractivity contribution is 5.87. The Morgan fingerprint density at radius 2 is 1.77 bits per heavy atom. The first-order valence-corrected chi connectivity index (χ1v) is 13.0. The maximum atomic E-state index is 11.9. The number of carbonyl (C=O) groups is 1. The second-order valence-electron chi connectivity index (χ2n) is 9.65. The molecule has 0 saturated carbocycles. The van der Waals surface area contributed by atoms with Crippen LogP contribution in [-0.4, -0.2) is 66.4 Å². The first-order chi connectivity index (χ1) is 19.5. The van der Waals surface area contributed by atoms with Crippen LogP contribution in [0.4, 0.5) is 5.82 Å². The van der Waals surface area contributed by atoms with Gasteiger partial charge in [-0.2, -0.15) is 0 Å². The van der Waals surface area contributed by atoms with Crippen molar-refractivity contribution >= 4 is 22.9 Å². The van der Waals surface area contributed by atoms with E-state index in [1.165, 1.54) is 12.1 Å². The molecular weight excluding hydrogens is 504 g/mol. The monoisotopic (exact) mass is 532 g/mol. The molecule has 1 saturated heterocycles. The number of aromatic amines is 1. The number of nitrogens with one attached hydrogen (secondary N) is 1. The summed E-state index contributed by atoms with van der Waals surface area (Å²) in [5.41, 5.74) is 11.4. The van der Waals surface area contributed by atoms with Crippen LogP contribution in [0.15, 0.2) is 90.4 Å². The van der Waals surface area contributed by atoms with Gasteiger partial charge in [-0.25, -0.2) is 15.0 Å². The van der Waals surface area contributed by atoms with E-state index in [4.69, 9.17) is 15.7 Å². The summed E-state index contributed by atoms with van der Waals surface area (Å²) in [5, 5.41) is 0. The molecule has 5 aromatic rings. The van der Waals surface area contributed by atoms with Crippen LogP contribution in [0, 0.1) is 0 Å². The summed E-state index contributed by atoms with van der Waals surface area (Å²) >= 11 is 0. The number of hydrogen-bond acceptors (Lipinski definition) is 7. The van der Waals surface area contributed by atoms with Crippen LogP contribution in [-0.2, 0) is 11.3 Å². The summed E-state index contributed by atoms with van der Waals surface area (Å²) in [5.74, 6) is 0.983. The Hall–Kier alpha value is -5.09. The van der Waals surface area contributed by atoms with Gasteiger partial charge in [0, 0.05) is 50.7 Å². The zero-order chi connectivity index (χ0) is 27.6. The molecule has 0 aliphatic carbocycles. The van der Waals surface area contributed by atoms with E-state index in [-0.39, 0.29) is 11.5 Å². The average Bonchev–Trinajstić information content (AvgIpc) is 3.36. The Bertz CT molecular complexity index is 1770. The third-order valence-electron chi connectivity index (χ3n) is 7.09. The molecule has 1 aliphatic rings. The number of hydrogen-bond donors (Lipinski definition) is 2. The van der Waals surface area contributed by atoms with Crippen LogP contribution in [0.1, 0.15) is 5.56 Å². The van der Waals surface area contributed by atoms with Gasteiger partial charge >= 0.3 is 0 Å². The largest absolute Gasteiger partial charge is 0.383 e. The number of fused-ring (bicyclic) bond motifs is 1. The zero-order valence-corrected chi connectivity index (χ0v) is 21.8. The van der Waals surface area contributed by atoms with Crippen molar-refractivity contribution in [1.82, 2.24) is 34.3 Å². The van der Waals surface area contributed by atoms with Crippen LogP contribution in [0.25, 0.3) is 39.6 Å². The molecule has 10 heteroatoms. The highest BCUT2D eigenvalue weighted by atomic mass is 16.2. The molecule has 0 atom stereocenters. The summed E-state index contributed by atoms with van der Waals surface area (Å²) in [6, 6.07) is 20.7. The van der Waals surface area contributed by atoms with Crippen molar-refractivity contribution in [2.75, 3.05) is 31.9 Å². The number of H-pyrrole nitrogens is 1. The molecule has 10 nitrogen and oxygen atoms in total. The first kappa shape index (κ1) is 25.2. The van der Waals surface area contributed by atoms with Crippen LogP contribution in [0.5, 0.6) is 0 Å². The van der Waals surface area contributed by atoms with E-state index in [9.17, 15) is 9.59 Å². The Balaban J connectivity index is 1.36. The molecule has 4 aromatic heterocycles. The molecular formula is C30H28N8O2. The van der Waals surface area contributed by atoms with Crippen LogP contribution >= 0.6 is 0 Å². The molecule has 1 amide bonds. The van der Waals surface area contributed by atoms with E-state index in [0.29, 0.717) is 52.8 Å². The zero-order valence-electron chi connectivity index (χ0n) is 21.8. The fraction of sp³-hybridized carbons (Fsp3) is 0.167. The lowest BCUT2D eigenvalue weighted by Gasteiger charge is -2.34. The van der Waals surface area contributed by atoms with Gasteiger partial charge in [0.1, 0.15) is 11.3 Å². The van der Waals surface area contributed by atoms with Crippen LogP contribution < -0.4 is 11.3 Å². The lowest BCUT2D eigenvalue weighted by atomic mass is 10.1. The van der Waals surface area contributed by atoms with Gasteiger partial charge in [0.25, 0.3) is 0 Å². The number of nitrogens with zero attached hydrogens (tertiary/aromatic N) is 6. The second-order valence-corrected chi connectivity index (χ2v) is 9.65. The summed E-state index contributed by atoms with van der Waals surface area (Å²) in [4.78, 5) is 44.9. The molecule has 1 fully saturated rings. The van der Waals surface area contributed by atoms with Crippen LogP contribution in [0.3, 0.4) is 0 Å². The summed E-state index contributed by atoms with van der Waals surface area (Å²) in [7, 11) is 0. The highest BCUT2D eigenvalue weighted by Crippen LogP contribution is 2.31. The van der Waals surface area contributed by atoms with Crippen LogP contribution in [0.2, 0.25) is 0 Å². The Morgan fingerprint density at radius 3 is 2.50 bits per heavy atom. The molecule has 6 rings (SSSR count). The average molecular weight is 533 g/mol. The molecule has 0 unspecified atom stereocenters. The number of rotatable bonds is 6. The molecule has 0 spiro atoms. The van der Waals surface area contributed by atoms with Gasteiger partial charge in [-0.3, -0.25) is 19.1 Å². The number of imidazole rings is 1. The van der Waals surface area contributed by atoms with Gasteiger partial charge in [-0.1, -0.05) is 24.8 Å². The maximum absolute atomic E-state index is 11.9. The molecule has 0 radical (unpaired) electrons. The van der Waals surface area contributed by atoms with E-state index >= 15 is 0 Å². The lowest BCUT2D eigenvalue weighted by Crippen LogP contribution is -2.47. The van der Waals surface area contributed by atoms with Gasteiger partial charge in [0.2, 0.25) is 11.5 Å². The van der Waals surface area contributed by atoms with Crippen molar-refractivity contribution in [2.45, 2.75) is 6.54 Å². The Morgan fingerprint density at radius 1 is 0.975 bits per heavy atom. The Labute approximate surface area is 230 Å². The van der Waals surface area contributed by atoms with E-state index in [0.717, 1.165) is 30.9 Å². The van der Waals surface area contributed by atoms with Crippen molar-refractivity contribution < 1.29 is 4.79 Å². The number of pyridine rings is 3. The van der Waals surface area contributed by atoms with E-state index in [1.807, 2.05) is 51.9 Å². The molecule has 40 heavy (non-hydrogen) atoms. The quantitative estimate of drug-likeness (QED) is 0.322. The van der Waals surface area contributed by atoms with Crippen molar-refractivity contribution in [3.63, 3.8) is 0 Å². The molecule has 5 heterocycles. The maximum Gasteiger partial charge on any atom is 0.248 e. The SMILES string of the molecule is C=CC(=O)N1CCN(Cc2ccc(-n3c(-c4cccnc4N)nc4ccc(-c5cccc(=O)[nH]5)nc43)cc2)CC1. The smallest absolute Gasteiger partial charge is 0.248 e. The van der Waals surface area contributed by atoms with Gasteiger partial charge in [-0.15, -0.1) is 0 Å². The number of nitrogens with two attached hydrogens (primary N) is 1. The number of amides is 1. The minimum atomic E-state index is -0.193. The van der Waals surface area contributed by atoms with E-state index in [2.05, 4.69) is 33.6 Å². The molecule has 3 N–H and O–H groups in total. The molecule has 1 aromatic carbocycles.